The monoisotopic (exact) mass is 430 g/mol. The van der Waals surface area contributed by atoms with Gasteiger partial charge < -0.3 is 24.1 Å². The van der Waals surface area contributed by atoms with Crippen LogP contribution in [0.2, 0.25) is 0 Å². The van der Waals surface area contributed by atoms with Crippen LogP contribution in [0.4, 0.5) is 0 Å². The van der Waals surface area contributed by atoms with Gasteiger partial charge >= 0.3 is 0 Å². The molecule has 2 aliphatic heterocycles. The minimum Gasteiger partial charge on any atom is -0.499 e. The van der Waals surface area contributed by atoms with Crippen molar-refractivity contribution in [1.82, 2.24) is 0 Å². The van der Waals surface area contributed by atoms with E-state index in [1.54, 1.807) is 12.7 Å². The fourth-order valence-electron chi connectivity index (χ4n) is 8.14. The second-order valence-electron chi connectivity index (χ2n) is 12.1. The summed E-state index contributed by atoms with van der Waals surface area (Å²) >= 11 is 0. The Morgan fingerprint density at radius 1 is 1.13 bits per heavy atom. The molecule has 5 fully saturated rings. The molecule has 5 nitrogen and oxygen atoms in total. The number of allylic oxidation sites excluding steroid dienone is 2. The van der Waals surface area contributed by atoms with E-state index < -0.39 is 5.79 Å². The molecule has 0 aromatic heterocycles. The third kappa shape index (κ3) is 2.64. The largest absolute Gasteiger partial charge is 0.499 e. The second-order valence-corrected chi connectivity index (χ2v) is 12.1. The van der Waals surface area contributed by atoms with Crippen molar-refractivity contribution < 1.29 is 24.1 Å². The summed E-state index contributed by atoms with van der Waals surface area (Å²) in [6.45, 7) is 8.36. The highest BCUT2D eigenvalue weighted by molar-refractivity contribution is 5.45. The fraction of sp³-hybridized carbons (Fsp3) is 0.846. The van der Waals surface area contributed by atoms with Crippen molar-refractivity contribution >= 4 is 0 Å². The van der Waals surface area contributed by atoms with Crippen molar-refractivity contribution in [2.24, 2.45) is 22.7 Å². The first-order chi connectivity index (χ1) is 14.7. The first-order valence-electron chi connectivity index (χ1n) is 12.3. The zero-order valence-electron chi connectivity index (χ0n) is 19.6. The van der Waals surface area contributed by atoms with Crippen molar-refractivity contribution in [2.45, 2.75) is 89.1 Å². The summed E-state index contributed by atoms with van der Waals surface area (Å²) < 4.78 is 25.1. The lowest BCUT2D eigenvalue weighted by Crippen LogP contribution is -2.56. The van der Waals surface area contributed by atoms with E-state index in [2.05, 4.69) is 26.8 Å². The molecule has 31 heavy (non-hydrogen) atoms. The molecule has 1 N–H and O–H groups in total. The van der Waals surface area contributed by atoms with Crippen molar-refractivity contribution in [1.29, 1.82) is 0 Å². The molecule has 6 rings (SSSR count). The number of methoxy groups -OCH3 is 1. The van der Waals surface area contributed by atoms with Gasteiger partial charge in [-0.1, -0.05) is 26.8 Å². The average Bonchev–Trinajstić information content (AvgIpc) is 3.32. The maximum absolute atomic E-state index is 9.84. The highest BCUT2D eigenvalue weighted by Crippen LogP contribution is 2.74. The van der Waals surface area contributed by atoms with Crippen molar-refractivity contribution in [2.75, 3.05) is 26.9 Å². The minimum absolute atomic E-state index is 0.00439. The number of aliphatic hydroxyl groups excluding tert-OH is 1. The van der Waals surface area contributed by atoms with Gasteiger partial charge in [-0.3, -0.25) is 0 Å². The van der Waals surface area contributed by atoms with E-state index >= 15 is 0 Å². The molecule has 1 spiro atoms. The maximum atomic E-state index is 9.84. The SMILES string of the molecule is CO/C(CO)=C1/CC[C@H]2[C@@H]3CC[C@@]45CC6(CC[C@@]4(O5)C3=CC[C@]12C)OCC(C)(C)CO6. The molecule has 5 atom stereocenters. The molecule has 2 saturated heterocycles. The molecule has 0 aromatic rings. The number of aliphatic hydroxyl groups is 1. The molecule has 172 valence electrons. The predicted octanol–water partition coefficient (Wildman–Crippen LogP) is 4.50. The number of hydrogen-bond acceptors (Lipinski definition) is 5. The van der Waals surface area contributed by atoms with Gasteiger partial charge in [0.25, 0.3) is 0 Å². The molecule has 0 aromatic carbocycles. The molecule has 4 aliphatic carbocycles. The van der Waals surface area contributed by atoms with Gasteiger partial charge in [-0.2, -0.15) is 0 Å². The van der Waals surface area contributed by atoms with E-state index in [4.69, 9.17) is 18.9 Å². The van der Waals surface area contributed by atoms with Gasteiger partial charge in [-0.15, -0.1) is 0 Å². The van der Waals surface area contributed by atoms with Gasteiger partial charge in [-0.05, 0) is 66.9 Å². The van der Waals surface area contributed by atoms with Crippen LogP contribution in [0, 0.1) is 22.7 Å². The first-order valence-corrected chi connectivity index (χ1v) is 12.3. The highest BCUT2D eigenvalue weighted by Gasteiger charge is 2.79. The Balaban J connectivity index is 1.28. The molecule has 2 heterocycles. The van der Waals surface area contributed by atoms with Crippen LogP contribution in [0.25, 0.3) is 0 Å². The van der Waals surface area contributed by atoms with Crippen molar-refractivity contribution in [3.63, 3.8) is 0 Å². The lowest BCUT2D eigenvalue weighted by molar-refractivity contribution is -0.313. The fourth-order valence-corrected chi connectivity index (χ4v) is 8.14. The lowest BCUT2D eigenvalue weighted by atomic mass is 9.54. The van der Waals surface area contributed by atoms with Gasteiger partial charge in [0, 0.05) is 18.3 Å². The predicted molar refractivity (Wildman–Crippen MR) is 116 cm³/mol. The zero-order valence-corrected chi connectivity index (χ0v) is 19.6. The molecule has 5 heteroatoms. The molecule has 0 bridgehead atoms. The summed E-state index contributed by atoms with van der Waals surface area (Å²) in [5, 5.41) is 9.84. The van der Waals surface area contributed by atoms with Crippen LogP contribution in [0.5, 0.6) is 0 Å². The first kappa shape index (κ1) is 20.7. The van der Waals surface area contributed by atoms with Crippen LogP contribution in [0.3, 0.4) is 0 Å². The Morgan fingerprint density at radius 2 is 1.90 bits per heavy atom. The number of ether oxygens (including phenoxy) is 4. The van der Waals surface area contributed by atoms with E-state index in [0.29, 0.717) is 11.8 Å². The maximum Gasteiger partial charge on any atom is 0.171 e. The molecular weight excluding hydrogens is 392 g/mol. The van der Waals surface area contributed by atoms with E-state index in [9.17, 15) is 5.11 Å². The third-order valence-corrected chi connectivity index (χ3v) is 9.83. The van der Waals surface area contributed by atoms with Crippen LogP contribution in [-0.4, -0.2) is 49.0 Å². The Kier molecular flexibility index (Phi) is 4.26. The van der Waals surface area contributed by atoms with Crippen LogP contribution in [-0.2, 0) is 18.9 Å². The summed E-state index contributed by atoms with van der Waals surface area (Å²) in [6, 6.07) is 0. The Labute approximate surface area is 186 Å². The van der Waals surface area contributed by atoms with Gasteiger partial charge in [0.05, 0.1) is 20.3 Å². The molecule has 3 saturated carbocycles. The Morgan fingerprint density at radius 3 is 2.61 bits per heavy atom. The van der Waals surface area contributed by atoms with Gasteiger partial charge in [0.2, 0.25) is 0 Å². The number of fused-ring (bicyclic) bond motifs is 3. The highest BCUT2D eigenvalue weighted by atomic mass is 16.7. The number of hydrogen-bond donors (Lipinski definition) is 1. The minimum atomic E-state index is -0.441. The van der Waals surface area contributed by atoms with Gasteiger partial charge in [-0.25, -0.2) is 0 Å². The zero-order chi connectivity index (χ0) is 21.7. The molecule has 6 aliphatic rings. The smallest absolute Gasteiger partial charge is 0.171 e. The van der Waals surface area contributed by atoms with E-state index in [1.807, 2.05) is 0 Å². The van der Waals surface area contributed by atoms with Crippen molar-refractivity contribution in [3.8, 4) is 0 Å². The molecule has 0 amide bonds. The summed E-state index contributed by atoms with van der Waals surface area (Å²) in [6.07, 6.45) is 10.9. The summed E-state index contributed by atoms with van der Waals surface area (Å²) in [5.41, 5.74) is 2.97. The third-order valence-electron chi connectivity index (χ3n) is 9.83. The average molecular weight is 431 g/mol. The van der Waals surface area contributed by atoms with Gasteiger partial charge in [0.1, 0.15) is 23.6 Å². The summed E-state index contributed by atoms with van der Waals surface area (Å²) in [5.74, 6) is 1.56. The summed E-state index contributed by atoms with van der Waals surface area (Å²) in [4.78, 5) is 0. The van der Waals surface area contributed by atoms with E-state index in [0.717, 1.165) is 57.5 Å². The second kappa shape index (κ2) is 6.37. The Bertz CT molecular complexity index is 842. The number of rotatable bonds is 2. The summed E-state index contributed by atoms with van der Waals surface area (Å²) in [7, 11) is 1.69. The van der Waals surface area contributed by atoms with Crippen LogP contribution in [0.1, 0.15) is 72.1 Å². The van der Waals surface area contributed by atoms with Gasteiger partial charge in [0.15, 0.2) is 5.79 Å². The molecule has 0 radical (unpaired) electrons. The van der Waals surface area contributed by atoms with Crippen LogP contribution >= 0.6 is 0 Å². The topological polar surface area (TPSA) is 60.5 Å². The van der Waals surface area contributed by atoms with Crippen LogP contribution < -0.4 is 0 Å². The normalized spacial score (nSPS) is 48.1. The van der Waals surface area contributed by atoms with E-state index in [1.165, 1.54) is 18.4 Å². The number of epoxide rings is 1. The quantitative estimate of drug-likeness (QED) is 0.397. The Hall–Kier alpha value is -0.880. The lowest BCUT2D eigenvalue weighted by Gasteiger charge is -2.52. The van der Waals surface area contributed by atoms with E-state index in [-0.39, 0.29) is 28.6 Å². The van der Waals surface area contributed by atoms with Crippen molar-refractivity contribution in [3.05, 3.63) is 23.0 Å². The molecular formula is C26H38O5. The standard InChI is InChI=1S/C26H38O5/c1-22(2)15-29-25(30-16-22)11-12-26-19-8-9-23(3)18(5-6-20(23)21(13-27)28-4)17(19)7-10-24(26,14-25)31-26/h8,17-18,27H,5-7,9-16H2,1-4H3/b21-20-/t17-,18-,23-,24+,26+/m0/s1. The van der Waals surface area contributed by atoms with Crippen LogP contribution in [0.15, 0.2) is 23.0 Å². The molecule has 0 unspecified atom stereocenters.